The molecule has 0 radical (unpaired) electrons. The fourth-order valence-corrected chi connectivity index (χ4v) is 3.39. The van der Waals surface area contributed by atoms with Crippen LogP contribution >= 0.6 is 12.4 Å². The second kappa shape index (κ2) is 9.26. The lowest BCUT2D eigenvalue weighted by atomic mass is 9.92. The molecule has 3 N–H and O–H groups in total. The van der Waals surface area contributed by atoms with E-state index < -0.39 is 11.6 Å². The number of carbonyl (C=O) groups excluding carboxylic acids is 2. The van der Waals surface area contributed by atoms with Gasteiger partial charge in [-0.2, -0.15) is 0 Å². The van der Waals surface area contributed by atoms with Crippen LogP contribution in [0.3, 0.4) is 0 Å². The zero-order valence-corrected chi connectivity index (χ0v) is 17.1. The van der Waals surface area contributed by atoms with E-state index in [1.54, 1.807) is 17.0 Å². The van der Waals surface area contributed by atoms with Gasteiger partial charge in [-0.3, -0.25) is 9.59 Å². The van der Waals surface area contributed by atoms with Crippen LogP contribution in [0.2, 0.25) is 0 Å². The molecule has 0 saturated carbocycles. The molecule has 2 aromatic rings. The lowest BCUT2D eigenvalue weighted by Crippen LogP contribution is -2.56. The summed E-state index contributed by atoms with van der Waals surface area (Å²) in [4.78, 5) is 27.5. The molecular formula is C21H28ClN3O3. The van der Waals surface area contributed by atoms with Crippen molar-refractivity contribution in [1.29, 1.82) is 0 Å². The van der Waals surface area contributed by atoms with E-state index in [1.165, 1.54) is 6.26 Å². The number of furan rings is 1. The first-order valence-corrected chi connectivity index (χ1v) is 9.45. The van der Waals surface area contributed by atoms with Crippen LogP contribution in [0.1, 0.15) is 48.4 Å². The van der Waals surface area contributed by atoms with Crippen molar-refractivity contribution in [3.8, 4) is 0 Å². The van der Waals surface area contributed by atoms with Crippen molar-refractivity contribution in [3.05, 3.63) is 59.5 Å². The van der Waals surface area contributed by atoms with Crippen LogP contribution in [-0.4, -0.2) is 34.8 Å². The molecule has 0 bridgehead atoms. The summed E-state index contributed by atoms with van der Waals surface area (Å²) in [7, 11) is 0. The first-order chi connectivity index (χ1) is 13.0. The van der Waals surface area contributed by atoms with Gasteiger partial charge in [0.2, 0.25) is 5.91 Å². The summed E-state index contributed by atoms with van der Waals surface area (Å²) in [6.07, 6.45) is 3.48. The zero-order valence-electron chi connectivity index (χ0n) is 16.3. The summed E-state index contributed by atoms with van der Waals surface area (Å²) >= 11 is 0. The van der Waals surface area contributed by atoms with Crippen LogP contribution in [0.4, 0.5) is 0 Å². The normalized spacial score (nSPS) is 16.1. The molecule has 0 fully saturated rings. The Labute approximate surface area is 171 Å². The second-order valence-corrected chi connectivity index (χ2v) is 7.19. The number of benzene rings is 1. The molecule has 152 valence electrons. The van der Waals surface area contributed by atoms with Crippen LogP contribution in [0.5, 0.6) is 0 Å². The molecule has 3 rings (SSSR count). The molecular weight excluding hydrogens is 378 g/mol. The molecule has 6 nitrogen and oxygen atoms in total. The SMILES string of the molecule is CCC(N)(CC)CNC(=O)C1Cc2ccccc2CN1C(=O)c1ccco1.Cl. The van der Waals surface area contributed by atoms with Gasteiger partial charge in [0.1, 0.15) is 6.04 Å². The third-order valence-electron chi connectivity index (χ3n) is 5.57. The number of carbonyl (C=O) groups is 2. The maximum atomic E-state index is 13.0. The van der Waals surface area contributed by atoms with Crippen molar-refractivity contribution in [1.82, 2.24) is 10.2 Å². The first-order valence-electron chi connectivity index (χ1n) is 9.45. The number of nitrogens with zero attached hydrogens (tertiary/aromatic N) is 1. The highest BCUT2D eigenvalue weighted by Crippen LogP contribution is 2.25. The molecule has 1 atom stereocenters. The standard InChI is InChI=1S/C21H27N3O3.ClH/c1-3-21(22,4-2)14-23-19(25)17-12-15-8-5-6-9-16(15)13-24(17)20(26)18-10-7-11-27-18;/h5-11,17H,3-4,12-14,22H2,1-2H3,(H,23,25);1H. The average molecular weight is 406 g/mol. The number of nitrogens with two attached hydrogens (primary N) is 1. The predicted octanol–water partition coefficient (Wildman–Crippen LogP) is 2.90. The van der Waals surface area contributed by atoms with Crippen molar-refractivity contribution >= 4 is 24.2 Å². The van der Waals surface area contributed by atoms with Gasteiger partial charge in [-0.15, -0.1) is 12.4 Å². The van der Waals surface area contributed by atoms with Gasteiger partial charge in [0, 0.05) is 25.0 Å². The van der Waals surface area contributed by atoms with E-state index in [2.05, 4.69) is 5.32 Å². The minimum atomic E-state index is -0.588. The molecule has 0 aliphatic carbocycles. The molecule has 1 aromatic carbocycles. The fourth-order valence-electron chi connectivity index (χ4n) is 3.39. The third kappa shape index (κ3) is 4.56. The van der Waals surface area contributed by atoms with Crippen molar-refractivity contribution in [2.24, 2.45) is 5.73 Å². The molecule has 0 saturated heterocycles. The van der Waals surface area contributed by atoms with Gasteiger partial charge in [-0.05, 0) is 36.1 Å². The monoisotopic (exact) mass is 405 g/mol. The zero-order chi connectivity index (χ0) is 19.4. The summed E-state index contributed by atoms with van der Waals surface area (Å²) in [6.45, 7) is 4.79. The van der Waals surface area contributed by atoms with Crippen molar-refractivity contribution in [2.75, 3.05) is 6.54 Å². The summed E-state index contributed by atoms with van der Waals surface area (Å²) in [6, 6.07) is 10.6. The highest BCUT2D eigenvalue weighted by molar-refractivity contribution is 5.96. The summed E-state index contributed by atoms with van der Waals surface area (Å²) < 4.78 is 5.27. The maximum Gasteiger partial charge on any atom is 0.290 e. The number of halogens is 1. The van der Waals surface area contributed by atoms with E-state index in [0.717, 1.165) is 24.0 Å². The van der Waals surface area contributed by atoms with E-state index in [1.807, 2.05) is 38.1 Å². The Hall–Kier alpha value is -2.31. The van der Waals surface area contributed by atoms with Crippen LogP contribution in [0.25, 0.3) is 0 Å². The Morgan fingerprint density at radius 1 is 1.18 bits per heavy atom. The Balaban J connectivity index is 0.00000280. The van der Waals surface area contributed by atoms with Crippen molar-refractivity contribution < 1.29 is 14.0 Å². The molecule has 7 heteroatoms. The van der Waals surface area contributed by atoms with Crippen LogP contribution in [-0.2, 0) is 17.8 Å². The minimum Gasteiger partial charge on any atom is -0.459 e. The molecule has 2 amide bonds. The van der Waals surface area contributed by atoms with Crippen LogP contribution < -0.4 is 11.1 Å². The molecule has 1 aromatic heterocycles. The molecule has 0 spiro atoms. The lowest BCUT2D eigenvalue weighted by Gasteiger charge is -2.36. The number of rotatable bonds is 6. The van der Waals surface area contributed by atoms with Gasteiger partial charge in [-0.25, -0.2) is 0 Å². The highest BCUT2D eigenvalue weighted by Gasteiger charge is 2.36. The molecule has 1 aliphatic heterocycles. The van der Waals surface area contributed by atoms with E-state index >= 15 is 0 Å². The Morgan fingerprint density at radius 2 is 1.86 bits per heavy atom. The largest absolute Gasteiger partial charge is 0.459 e. The first kappa shape index (κ1) is 22.0. The smallest absolute Gasteiger partial charge is 0.290 e. The maximum absolute atomic E-state index is 13.0. The van der Waals surface area contributed by atoms with Crippen molar-refractivity contribution in [3.63, 3.8) is 0 Å². The average Bonchev–Trinajstić information content (AvgIpc) is 3.25. The van der Waals surface area contributed by atoms with Crippen LogP contribution in [0.15, 0.2) is 47.1 Å². The molecule has 1 unspecified atom stereocenters. The summed E-state index contributed by atoms with van der Waals surface area (Å²) in [5, 5.41) is 2.97. The fraction of sp³-hybridized carbons (Fsp3) is 0.429. The quantitative estimate of drug-likeness (QED) is 0.773. The molecule has 28 heavy (non-hydrogen) atoms. The summed E-state index contributed by atoms with van der Waals surface area (Å²) in [5.74, 6) is -0.219. The van der Waals surface area contributed by atoms with E-state index in [0.29, 0.717) is 19.5 Å². The molecule has 2 heterocycles. The van der Waals surface area contributed by atoms with Crippen LogP contribution in [0, 0.1) is 0 Å². The number of fused-ring (bicyclic) bond motifs is 1. The lowest BCUT2D eigenvalue weighted by molar-refractivity contribution is -0.126. The predicted molar refractivity (Wildman–Crippen MR) is 110 cm³/mol. The van der Waals surface area contributed by atoms with Gasteiger partial charge in [0.15, 0.2) is 5.76 Å². The Bertz CT molecular complexity index is 803. The number of nitrogens with one attached hydrogen (secondary N) is 1. The Kier molecular flexibility index (Phi) is 7.27. The van der Waals surface area contributed by atoms with E-state index in [-0.39, 0.29) is 30.0 Å². The minimum absolute atomic E-state index is 0. The topological polar surface area (TPSA) is 88.6 Å². The third-order valence-corrected chi connectivity index (χ3v) is 5.57. The van der Waals surface area contributed by atoms with Gasteiger partial charge in [-0.1, -0.05) is 38.1 Å². The number of hydrogen-bond donors (Lipinski definition) is 2. The number of amides is 2. The Morgan fingerprint density at radius 3 is 2.46 bits per heavy atom. The van der Waals surface area contributed by atoms with E-state index in [4.69, 9.17) is 10.2 Å². The summed E-state index contributed by atoms with van der Waals surface area (Å²) in [5.41, 5.74) is 8.02. The second-order valence-electron chi connectivity index (χ2n) is 7.19. The van der Waals surface area contributed by atoms with Gasteiger partial charge in [0.25, 0.3) is 5.91 Å². The number of hydrogen-bond acceptors (Lipinski definition) is 4. The van der Waals surface area contributed by atoms with E-state index in [9.17, 15) is 9.59 Å². The van der Waals surface area contributed by atoms with Crippen molar-refractivity contribution in [2.45, 2.75) is 51.2 Å². The van der Waals surface area contributed by atoms with Gasteiger partial charge in [0.05, 0.1) is 6.26 Å². The highest BCUT2D eigenvalue weighted by atomic mass is 35.5. The van der Waals surface area contributed by atoms with Gasteiger partial charge < -0.3 is 20.4 Å². The van der Waals surface area contributed by atoms with Gasteiger partial charge >= 0.3 is 0 Å². The molecule has 1 aliphatic rings.